The second-order valence-electron chi connectivity index (χ2n) is 4.38. The molecular weight excluding hydrogens is 276 g/mol. The Morgan fingerprint density at radius 2 is 2.20 bits per heavy atom. The van der Waals surface area contributed by atoms with E-state index in [9.17, 15) is 28.8 Å². The maximum Gasteiger partial charge on any atom is 0.298 e. The third kappa shape index (κ3) is 2.89. The molecular formula is C11H11F2N3O4. The Morgan fingerprint density at radius 1 is 1.50 bits per heavy atom. The summed E-state index contributed by atoms with van der Waals surface area (Å²) in [5.41, 5.74) is -1.56. The smallest absolute Gasteiger partial charge is 0.298 e. The first-order chi connectivity index (χ1) is 9.38. The fourth-order valence-corrected chi connectivity index (χ4v) is 1.95. The Kier molecular flexibility index (Phi) is 3.91. The van der Waals surface area contributed by atoms with Crippen LogP contribution in [0.2, 0.25) is 0 Å². The molecule has 1 saturated heterocycles. The molecule has 1 aliphatic heterocycles. The maximum atomic E-state index is 13.6. The van der Waals surface area contributed by atoms with E-state index >= 15 is 0 Å². The molecule has 0 saturated carbocycles. The topological polar surface area (TPSA) is 104 Å². The van der Waals surface area contributed by atoms with Crippen molar-refractivity contribution in [1.82, 2.24) is 5.32 Å². The van der Waals surface area contributed by atoms with E-state index < -0.39 is 46.0 Å². The first kappa shape index (κ1) is 14.3. The highest BCUT2D eigenvalue weighted by molar-refractivity contribution is 5.97. The van der Waals surface area contributed by atoms with Crippen molar-refractivity contribution in [2.75, 3.05) is 11.9 Å². The molecule has 108 valence electrons. The van der Waals surface area contributed by atoms with Gasteiger partial charge in [-0.1, -0.05) is 0 Å². The summed E-state index contributed by atoms with van der Waals surface area (Å²) in [6, 6.07) is 0.184. The molecule has 1 fully saturated rings. The highest BCUT2D eigenvalue weighted by Gasteiger charge is 2.30. The molecule has 1 aromatic rings. The van der Waals surface area contributed by atoms with Crippen molar-refractivity contribution in [3.05, 3.63) is 33.9 Å². The van der Waals surface area contributed by atoms with Crippen molar-refractivity contribution in [3.8, 4) is 0 Å². The quantitative estimate of drug-likeness (QED) is 0.556. The summed E-state index contributed by atoms with van der Waals surface area (Å²) in [6.45, 7) is 0.200. The summed E-state index contributed by atoms with van der Waals surface area (Å²) in [6.07, 6.45) is -0.596. The Hall–Kier alpha value is -2.13. The van der Waals surface area contributed by atoms with Gasteiger partial charge in [0.2, 0.25) is 5.91 Å². The number of carbonyl (C=O) groups is 1. The van der Waals surface area contributed by atoms with Gasteiger partial charge in [0.15, 0.2) is 11.5 Å². The molecule has 1 aliphatic rings. The zero-order valence-electron chi connectivity index (χ0n) is 10.1. The number of hydrogen-bond acceptors (Lipinski definition) is 5. The van der Waals surface area contributed by atoms with Gasteiger partial charge in [-0.05, 0) is 6.42 Å². The number of β-amino-alcohol motifs (C(OH)–C–C–N with tert-alkyl or cyclic N) is 1. The van der Waals surface area contributed by atoms with Gasteiger partial charge in [0.05, 0.1) is 23.1 Å². The molecule has 1 amide bonds. The molecule has 1 aromatic carbocycles. The molecule has 2 rings (SSSR count). The number of aliphatic hydroxyl groups is 1. The average Bonchev–Trinajstić information content (AvgIpc) is 2.78. The Bertz CT molecular complexity index is 567. The average molecular weight is 287 g/mol. The van der Waals surface area contributed by atoms with Gasteiger partial charge in [0, 0.05) is 12.6 Å². The van der Waals surface area contributed by atoms with Crippen LogP contribution < -0.4 is 10.6 Å². The van der Waals surface area contributed by atoms with Gasteiger partial charge >= 0.3 is 0 Å². The Morgan fingerprint density at radius 3 is 2.75 bits per heavy atom. The van der Waals surface area contributed by atoms with Crippen LogP contribution in [0.3, 0.4) is 0 Å². The number of nitro groups is 1. The van der Waals surface area contributed by atoms with E-state index in [1.807, 2.05) is 0 Å². The van der Waals surface area contributed by atoms with Crippen LogP contribution in [0.15, 0.2) is 12.1 Å². The molecule has 2 atom stereocenters. The van der Waals surface area contributed by atoms with Crippen LogP contribution in [0, 0.1) is 21.7 Å². The summed E-state index contributed by atoms with van der Waals surface area (Å²) in [7, 11) is 0. The molecule has 9 heteroatoms. The minimum Gasteiger partial charge on any atom is -0.392 e. The number of aliphatic hydroxyl groups excluding tert-OH is 1. The zero-order valence-corrected chi connectivity index (χ0v) is 10.1. The van der Waals surface area contributed by atoms with Crippen LogP contribution in [0.4, 0.5) is 20.2 Å². The molecule has 2 unspecified atom stereocenters. The number of amides is 1. The molecule has 0 spiro atoms. The van der Waals surface area contributed by atoms with Crippen molar-refractivity contribution in [2.24, 2.45) is 0 Å². The van der Waals surface area contributed by atoms with E-state index in [0.717, 1.165) is 0 Å². The first-order valence-electron chi connectivity index (χ1n) is 5.74. The number of nitro benzene ring substituents is 1. The second-order valence-corrected chi connectivity index (χ2v) is 4.38. The van der Waals surface area contributed by atoms with Crippen molar-refractivity contribution in [1.29, 1.82) is 0 Å². The predicted molar refractivity (Wildman–Crippen MR) is 64.1 cm³/mol. The number of nitrogens with one attached hydrogen (secondary N) is 2. The first-order valence-corrected chi connectivity index (χ1v) is 5.74. The van der Waals surface area contributed by atoms with Crippen molar-refractivity contribution in [2.45, 2.75) is 18.6 Å². The number of rotatable bonds is 3. The van der Waals surface area contributed by atoms with E-state index in [1.165, 1.54) is 0 Å². The molecule has 0 bridgehead atoms. The monoisotopic (exact) mass is 287 g/mol. The number of nitrogens with zero attached hydrogens (tertiary/aromatic N) is 1. The maximum absolute atomic E-state index is 13.6. The Labute approximate surface area is 111 Å². The SMILES string of the molecule is O=C(Nc1c(F)cc(F)cc1[N+](=O)[O-])C1CC(O)CN1. The zero-order chi connectivity index (χ0) is 14.9. The lowest BCUT2D eigenvalue weighted by Crippen LogP contribution is -2.35. The van der Waals surface area contributed by atoms with Crippen LogP contribution in [-0.2, 0) is 4.79 Å². The lowest BCUT2D eigenvalue weighted by Gasteiger charge is -2.11. The molecule has 0 radical (unpaired) electrons. The molecule has 0 aromatic heterocycles. The molecule has 7 nitrogen and oxygen atoms in total. The molecule has 0 aliphatic carbocycles. The molecule has 20 heavy (non-hydrogen) atoms. The van der Waals surface area contributed by atoms with Gasteiger partial charge in [-0.15, -0.1) is 0 Å². The third-order valence-corrected chi connectivity index (χ3v) is 2.90. The van der Waals surface area contributed by atoms with Gasteiger partial charge in [-0.2, -0.15) is 0 Å². The van der Waals surface area contributed by atoms with Crippen LogP contribution in [-0.4, -0.2) is 34.6 Å². The van der Waals surface area contributed by atoms with E-state index in [1.54, 1.807) is 0 Å². The fraction of sp³-hybridized carbons (Fsp3) is 0.364. The van der Waals surface area contributed by atoms with Gasteiger partial charge in [-0.3, -0.25) is 14.9 Å². The summed E-state index contributed by atoms with van der Waals surface area (Å²) >= 11 is 0. The minimum atomic E-state index is -1.23. The summed E-state index contributed by atoms with van der Waals surface area (Å²) in [5.74, 6) is -3.07. The summed E-state index contributed by atoms with van der Waals surface area (Å²) in [4.78, 5) is 21.6. The number of carbonyl (C=O) groups excluding carboxylic acids is 1. The lowest BCUT2D eigenvalue weighted by molar-refractivity contribution is -0.384. The predicted octanol–water partition coefficient (Wildman–Crippen LogP) is 0.534. The van der Waals surface area contributed by atoms with Crippen molar-refractivity contribution in [3.63, 3.8) is 0 Å². The van der Waals surface area contributed by atoms with E-state index in [-0.39, 0.29) is 13.0 Å². The van der Waals surface area contributed by atoms with Crippen LogP contribution in [0.5, 0.6) is 0 Å². The fourth-order valence-electron chi connectivity index (χ4n) is 1.95. The minimum absolute atomic E-state index is 0.114. The standard InChI is InChI=1S/C11H11F2N3O4/c12-5-1-7(13)10(9(2-5)16(19)20)15-11(18)8-3-6(17)4-14-8/h1-2,6,8,14,17H,3-4H2,(H,15,18). The second kappa shape index (κ2) is 5.47. The number of hydrogen-bond donors (Lipinski definition) is 3. The van der Waals surface area contributed by atoms with Crippen LogP contribution in [0.25, 0.3) is 0 Å². The van der Waals surface area contributed by atoms with Crippen LogP contribution >= 0.6 is 0 Å². The Balaban J connectivity index is 2.24. The molecule has 1 heterocycles. The van der Waals surface area contributed by atoms with Gasteiger partial charge in [0.1, 0.15) is 5.82 Å². The number of benzene rings is 1. The number of anilines is 1. The summed E-state index contributed by atoms with van der Waals surface area (Å²) < 4.78 is 26.5. The van der Waals surface area contributed by atoms with Crippen LogP contribution in [0.1, 0.15) is 6.42 Å². The normalized spacial score (nSPS) is 21.8. The van der Waals surface area contributed by atoms with E-state index in [4.69, 9.17) is 0 Å². The van der Waals surface area contributed by atoms with E-state index in [2.05, 4.69) is 10.6 Å². The molecule has 3 N–H and O–H groups in total. The van der Waals surface area contributed by atoms with E-state index in [0.29, 0.717) is 12.1 Å². The third-order valence-electron chi connectivity index (χ3n) is 2.90. The van der Waals surface area contributed by atoms with Gasteiger partial charge in [-0.25, -0.2) is 8.78 Å². The number of halogens is 2. The highest BCUT2D eigenvalue weighted by Crippen LogP contribution is 2.29. The lowest BCUT2D eigenvalue weighted by atomic mass is 10.2. The largest absolute Gasteiger partial charge is 0.392 e. The van der Waals surface area contributed by atoms with Crippen molar-refractivity contribution < 1.29 is 23.6 Å². The highest BCUT2D eigenvalue weighted by atomic mass is 19.1. The van der Waals surface area contributed by atoms with Crippen molar-refractivity contribution >= 4 is 17.3 Å². The van der Waals surface area contributed by atoms with Gasteiger partial charge in [0.25, 0.3) is 5.69 Å². The summed E-state index contributed by atoms with van der Waals surface area (Å²) in [5, 5.41) is 24.8. The van der Waals surface area contributed by atoms with Gasteiger partial charge < -0.3 is 15.7 Å².